The van der Waals surface area contributed by atoms with Crippen molar-refractivity contribution in [3.8, 4) is 0 Å². The molecule has 2 aromatic rings. The molecule has 0 spiro atoms. The van der Waals surface area contributed by atoms with Crippen molar-refractivity contribution in [2.45, 2.75) is 27.7 Å². The van der Waals surface area contributed by atoms with Gasteiger partial charge in [-0.2, -0.15) is 0 Å². The molecule has 1 N–H and O–H groups in total. The molecule has 0 radical (unpaired) electrons. The van der Waals surface area contributed by atoms with E-state index in [0.717, 1.165) is 22.2 Å². The maximum Gasteiger partial charge on any atom is 0.0868 e. The molecule has 3 heteroatoms. The van der Waals surface area contributed by atoms with Gasteiger partial charge in [-0.15, -0.1) is 0 Å². The quantitative estimate of drug-likeness (QED) is 0.890. The van der Waals surface area contributed by atoms with Crippen LogP contribution in [0.15, 0.2) is 16.6 Å². The Kier molecular flexibility index (Phi) is 3.38. The highest BCUT2D eigenvalue weighted by molar-refractivity contribution is 9.10. The van der Waals surface area contributed by atoms with Gasteiger partial charge in [-0.1, -0.05) is 0 Å². The lowest BCUT2D eigenvalue weighted by molar-refractivity contribution is 1.15. The fraction of sp³-hybridized carbons (Fsp3) is 0.357. The van der Waals surface area contributed by atoms with Crippen molar-refractivity contribution < 1.29 is 0 Å². The zero-order chi connectivity index (χ0) is 12.6. The van der Waals surface area contributed by atoms with Crippen LogP contribution in [0.25, 0.3) is 10.9 Å². The Morgan fingerprint density at radius 2 is 1.94 bits per heavy atom. The molecule has 0 saturated heterocycles. The van der Waals surface area contributed by atoms with Crippen LogP contribution in [0, 0.1) is 20.8 Å². The summed E-state index contributed by atoms with van der Waals surface area (Å²) in [4.78, 5) is 4.67. The van der Waals surface area contributed by atoms with Gasteiger partial charge in [-0.05, 0) is 66.9 Å². The predicted molar refractivity (Wildman–Crippen MR) is 77.8 cm³/mol. The normalized spacial score (nSPS) is 10.9. The third-order valence-corrected chi connectivity index (χ3v) is 3.63. The van der Waals surface area contributed by atoms with E-state index in [-0.39, 0.29) is 0 Å². The van der Waals surface area contributed by atoms with Crippen molar-refractivity contribution in [1.82, 2.24) is 4.98 Å². The lowest BCUT2D eigenvalue weighted by atomic mass is 10.1. The first-order valence-electron chi connectivity index (χ1n) is 5.85. The molecule has 0 saturated carbocycles. The molecule has 1 heterocycles. The fourth-order valence-electron chi connectivity index (χ4n) is 2.08. The molecule has 0 unspecified atom stereocenters. The first-order valence-corrected chi connectivity index (χ1v) is 6.64. The topological polar surface area (TPSA) is 24.9 Å². The first-order chi connectivity index (χ1) is 8.04. The number of halogens is 1. The highest BCUT2D eigenvalue weighted by Crippen LogP contribution is 2.32. The monoisotopic (exact) mass is 292 g/mol. The van der Waals surface area contributed by atoms with E-state index < -0.39 is 0 Å². The second kappa shape index (κ2) is 4.65. The van der Waals surface area contributed by atoms with Gasteiger partial charge in [0.25, 0.3) is 0 Å². The number of fused-ring (bicyclic) bond motifs is 1. The minimum atomic E-state index is 0.922. The molecule has 0 bridgehead atoms. The summed E-state index contributed by atoms with van der Waals surface area (Å²) >= 11 is 3.60. The zero-order valence-electron chi connectivity index (χ0n) is 10.7. The van der Waals surface area contributed by atoms with Crippen molar-refractivity contribution in [2.75, 3.05) is 11.9 Å². The number of aromatic nitrogens is 1. The van der Waals surface area contributed by atoms with E-state index in [4.69, 9.17) is 0 Å². The van der Waals surface area contributed by atoms with Gasteiger partial charge in [0.05, 0.1) is 5.52 Å². The van der Waals surface area contributed by atoms with E-state index in [1.807, 2.05) is 0 Å². The third kappa shape index (κ3) is 2.16. The number of aryl methyl sites for hydroxylation is 2. The lowest BCUT2D eigenvalue weighted by Gasteiger charge is -2.15. The number of nitrogens with zero attached hydrogens (tertiary/aromatic N) is 1. The number of anilines is 1. The van der Waals surface area contributed by atoms with Crippen LogP contribution in [-0.4, -0.2) is 11.5 Å². The van der Waals surface area contributed by atoms with Crippen LogP contribution >= 0.6 is 15.9 Å². The molecule has 2 nitrogen and oxygen atoms in total. The zero-order valence-corrected chi connectivity index (χ0v) is 12.3. The summed E-state index contributed by atoms with van der Waals surface area (Å²) in [6.45, 7) is 9.32. The molecule has 90 valence electrons. The Balaban J connectivity index is 2.87. The van der Waals surface area contributed by atoms with Gasteiger partial charge in [-0.3, -0.25) is 4.98 Å². The van der Waals surface area contributed by atoms with Crippen molar-refractivity contribution in [3.63, 3.8) is 0 Å². The average Bonchev–Trinajstić information content (AvgIpc) is 2.26. The summed E-state index contributed by atoms with van der Waals surface area (Å²) in [7, 11) is 0. The summed E-state index contributed by atoms with van der Waals surface area (Å²) in [5.41, 5.74) is 5.80. The van der Waals surface area contributed by atoms with E-state index in [0.29, 0.717) is 0 Å². The van der Waals surface area contributed by atoms with Gasteiger partial charge in [-0.25, -0.2) is 0 Å². The van der Waals surface area contributed by atoms with E-state index in [1.54, 1.807) is 0 Å². The summed E-state index contributed by atoms with van der Waals surface area (Å²) in [6, 6.07) is 4.30. The van der Waals surface area contributed by atoms with Gasteiger partial charge in [0, 0.05) is 27.8 Å². The van der Waals surface area contributed by atoms with Crippen LogP contribution in [0.3, 0.4) is 0 Å². The Labute approximate surface area is 111 Å². The Hall–Kier alpha value is -1.09. The van der Waals surface area contributed by atoms with Gasteiger partial charge in [0.1, 0.15) is 0 Å². The smallest absolute Gasteiger partial charge is 0.0868 e. The number of nitrogens with one attached hydrogen (secondary N) is 1. The van der Waals surface area contributed by atoms with Crippen LogP contribution in [0.1, 0.15) is 23.7 Å². The largest absolute Gasteiger partial charge is 0.385 e. The Bertz CT molecular complexity index is 576. The number of pyridine rings is 1. The van der Waals surface area contributed by atoms with E-state index in [9.17, 15) is 0 Å². The summed E-state index contributed by atoms with van der Waals surface area (Å²) < 4.78 is 1.06. The maximum atomic E-state index is 4.67. The fourth-order valence-corrected chi connectivity index (χ4v) is 2.74. The number of rotatable bonds is 2. The highest BCUT2D eigenvalue weighted by Gasteiger charge is 2.11. The van der Waals surface area contributed by atoms with Crippen LogP contribution in [0.4, 0.5) is 5.69 Å². The lowest BCUT2D eigenvalue weighted by Crippen LogP contribution is -2.03. The molecule has 0 aliphatic carbocycles. The van der Waals surface area contributed by atoms with Crippen LogP contribution in [0.5, 0.6) is 0 Å². The molecule has 0 amide bonds. The van der Waals surface area contributed by atoms with Crippen LogP contribution < -0.4 is 5.32 Å². The van der Waals surface area contributed by atoms with E-state index in [2.05, 4.69) is 66.1 Å². The van der Waals surface area contributed by atoms with Crippen LogP contribution in [-0.2, 0) is 0 Å². The molecule has 17 heavy (non-hydrogen) atoms. The average molecular weight is 293 g/mol. The van der Waals surface area contributed by atoms with Crippen molar-refractivity contribution in [2.24, 2.45) is 0 Å². The number of hydrogen-bond donors (Lipinski definition) is 1. The molecular weight excluding hydrogens is 276 g/mol. The second-order valence-electron chi connectivity index (χ2n) is 4.37. The second-order valence-corrected chi connectivity index (χ2v) is 5.22. The minimum absolute atomic E-state index is 0.922. The number of benzene rings is 1. The van der Waals surface area contributed by atoms with E-state index in [1.165, 1.54) is 22.2 Å². The molecular formula is C14H17BrN2. The molecule has 0 aliphatic rings. The maximum absolute atomic E-state index is 4.67. The summed E-state index contributed by atoms with van der Waals surface area (Å²) in [6.07, 6.45) is 0. The van der Waals surface area contributed by atoms with Gasteiger partial charge in [0.2, 0.25) is 0 Å². The SMILES string of the molecule is CCNc1c(C)c(C)nc2c(Br)cc(C)cc12. The molecule has 2 rings (SSSR count). The van der Waals surface area contributed by atoms with Gasteiger partial charge >= 0.3 is 0 Å². The van der Waals surface area contributed by atoms with Crippen molar-refractivity contribution >= 4 is 32.5 Å². The first kappa shape index (κ1) is 12.4. The standard InChI is InChI=1S/C14H17BrN2/c1-5-16-13-9(3)10(4)17-14-11(13)6-8(2)7-12(14)15/h6-7H,5H2,1-4H3,(H,16,17). The third-order valence-electron chi connectivity index (χ3n) is 3.03. The minimum Gasteiger partial charge on any atom is -0.385 e. The number of hydrogen-bond acceptors (Lipinski definition) is 2. The Morgan fingerprint density at radius 3 is 2.59 bits per heavy atom. The predicted octanol–water partition coefficient (Wildman–Crippen LogP) is 4.35. The highest BCUT2D eigenvalue weighted by atomic mass is 79.9. The van der Waals surface area contributed by atoms with Crippen molar-refractivity contribution in [3.05, 3.63) is 33.4 Å². The molecule has 0 fully saturated rings. The van der Waals surface area contributed by atoms with Gasteiger partial charge < -0.3 is 5.32 Å². The summed E-state index contributed by atoms with van der Waals surface area (Å²) in [5, 5.41) is 4.65. The summed E-state index contributed by atoms with van der Waals surface area (Å²) in [5.74, 6) is 0. The van der Waals surface area contributed by atoms with Crippen LogP contribution in [0.2, 0.25) is 0 Å². The molecule has 0 atom stereocenters. The molecule has 1 aromatic heterocycles. The Morgan fingerprint density at radius 1 is 1.24 bits per heavy atom. The van der Waals surface area contributed by atoms with E-state index >= 15 is 0 Å². The van der Waals surface area contributed by atoms with Gasteiger partial charge in [0.15, 0.2) is 0 Å². The molecule has 1 aromatic carbocycles. The van der Waals surface area contributed by atoms with Crippen molar-refractivity contribution in [1.29, 1.82) is 0 Å². The molecule has 0 aliphatic heterocycles.